The van der Waals surface area contributed by atoms with Gasteiger partial charge in [-0.25, -0.2) is 9.78 Å². The van der Waals surface area contributed by atoms with E-state index in [4.69, 9.17) is 10.5 Å². The van der Waals surface area contributed by atoms with Gasteiger partial charge in [0.15, 0.2) is 0 Å². The molecule has 16 heavy (non-hydrogen) atoms. The van der Waals surface area contributed by atoms with Gasteiger partial charge in [-0.2, -0.15) is 25.3 Å². The number of carbonyl (C=O) groups excluding carboxylic acids is 1. The molecule has 0 aliphatic heterocycles. The van der Waals surface area contributed by atoms with Crippen LogP contribution in [0.4, 0.5) is 4.79 Å². The summed E-state index contributed by atoms with van der Waals surface area (Å²) in [6.45, 7) is 0. The maximum atomic E-state index is 11.7. The number of hydrogen-bond acceptors (Lipinski definition) is 7. The van der Waals surface area contributed by atoms with E-state index in [0.29, 0.717) is 4.68 Å². The van der Waals surface area contributed by atoms with Crippen LogP contribution in [0.3, 0.4) is 0 Å². The van der Waals surface area contributed by atoms with Gasteiger partial charge in [-0.1, -0.05) is 0 Å². The van der Waals surface area contributed by atoms with Crippen LogP contribution in [-0.4, -0.2) is 35.6 Å². The van der Waals surface area contributed by atoms with E-state index in [2.05, 4.69) is 20.2 Å². The molecule has 0 aromatic carbocycles. The Hall–Kier alpha value is -3.07. The molecule has 0 fully saturated rings. The summed E-state index contributed by atoms with van der Waals surface area (Å²) in [6, 6.07) is 2.55. The maximum Gasteiger partial charge on any atom is 0.373 e. The predicted molar refractivity (Wildman–Crippen MR) is 45.7 cm³/mol. The molecule has 2 heterocycles. The molecule has 0 atom stereocenters. The summed E-state index contributed by atoms with van der Waals surface area (Å²) in [5.41, 5.74) is 0. The number of aromatic nitrogens is 6. The minimum atomic E-state index is -0.733. The minimum Gasteiger partial charge on any atom is -0.243 e. The summed E-state index contributed by atoms with van der Waals surface area (Å²) in [4.78, 5) is 18.8. The highest BCUT2D eigenvalue weighted by Crippen LogP contribution is 1.97. The van der Waals surface area contributed by atoms with Crippen molar-refractivity contribution in [3.63, 3.8) is 0 Å². The highest BCUT2D eigenvalue weighted by molar-refractivity contribution is 5.78. The monoisotopic (exact) mass is 214 g/mol. The molecule has 0 saturated carbocycles. The number of hydrogen-bond donors (Lipinski definition) is 0. The number of nitriles is 2. The largest absolute Gasteiger partial charge is 0.373 e. The lowest BCUT2D eigenvalue weighted by molar-refractivity contribution is 0.238. The highest BCUT2D eigenvalue weighted by atomic mass is 16.2. The van der Waals surface area contributed by atoms with Crippen molar-refractivity contribution in [2.24, 2.45) is 0 Å². The zero-order valence-electron chi connectivity index (χ0n) is 7.64. The van der Waals surface area contributed by atoms with Crippen molar-refractivity contribution in [1.82, 2.24) is 29.5 Å². The van der Waals surface area contributed by atoms with Crippen molar-refractivity contribution >= 4 is 6.03 Å². The summed E-state index contributed by atoms with van der Waals surface area (Å²) in [6.07, 6.45) is 2.31. The topological polar surface area (TPSA) is 126 Å². The molecule has 0 aliphatic rings. The highest BCUT2D eigenvalue weighted by Gasteiger charge is 2.17. The Morgan fingerprint density at radius 3 is 2.75 bits per heavy atom. The second-order valence-corrected chi connectivity index (χ2v) is 2.52. The first-order chi connectivity index (χ1) is 7.76. The summed E-state index contributed by atoms with van der Waals surface area (Å²) in [7, 11) is 0. The maximum absolute atomic E-state index is 11.7. The predicted octanol–water partition coefficient (Wildman–Crippen LogP) is -0.871. The molecule has 0 N–H and O–H groups in total. The Bertz CT molecular complexity index is 610. The van der Waals surface area contributed by atoms with Crippen molar-refractivity contribution in [2.75, 3.05) is 0 Å². The van der Waals surface area contributed by atoms with Gasteiger partial charge in [0.2, 0.25) is 5.82 Å². The Morgan fingerprint density at radius 1 is 1.38 bits per heavy atom. The average molecular weight is 214 g/mol. The fourth-order valence-corrected chi connectivity index (χ4v) is 0.969. The van der Waals surface area contributed by atoms with Crippen LogP contribution < -0.4 is 0 Å². The van der Waals surface area contributed by atoms with Crippen molar-refractivity contribution in [3.05, 3.63) is 24.3 Å². The first-order valence-electron chi connectivity index (χ1n) is 3.93. The third-order valence-corrected chi connectivity index (χ3v) is 1.60. The van der Waals surface area contributed by atoms with Crippen LogP contribution in [0, 0.1) is 22.7 Å². The van der Waals surface area contributed by atoms with Gasteiger partial charge >= 0.3 is 6.03 Å². The van der Waals surface area contributed by atoms with Gasteiger partial charge in [0.1, 0.15) is 24.8 Å². The van der Waals surface area contributed by atoms with Crippen LogP contribution in [0.5, 0.6) is 0 Å². The summed E-state index contributed by atoms with van der Waals surface area (Å²) in [5.74, 6) is -0.540. The van der Waals surface area contributed by atoms with Crippen LogP contribution in [0.2, 0.25) is 0 Å². The molecule has 0 unspecified atom stereocenters. The van der Waals surface area contributed by atoms with E-state index in [1.165, 1.54) is 0 Å². The van der Waals surface area contributed by atoms with Gasteiger partial charge in [0.25, 0.3) is 5.82 Å². The van der Waals surface area contributed by atoms with Crippen LogP contribution in [0.1, 0.15) is 11.6 Å². The molecular formula is C7H2N8O. The molecule has 2 aromatic heterocycles. The van der Waals surface area contributed by atoms with Crippen LogP contribution in [0.15, 0.2) is 12.7 Å². The summed E-state index contributed by atoms with van der Waals surface area (Å²) in [5, 5.41) is 24.4. The van der Waals surface area contributed by atoms with Gasteiger partial charge in [0, 0.05) is 0 Å². The molecule has 9 heteroatoms. The van der Waals surface area contributed by atoms with E-state index >= 15 is 0 Å². The lowest BCUT2D eigenvalue weighted by Gasteiger charge is -1.97. The smallest absolute Gasteiger partial charge is 0.243 e. The fourth-order valence-electron chi connectivity index (χ4n) is 0.969. The lowest BCUT2D eigenvalue weighted by Crippen LogP contribution is -2.22. The molecule has 0 amide bonds. The van der Waals surface area contributed by atoms with Gasteiger partial charge in [-0.3, -0.25) is 0 Å². The van der Waals surface area contributed by atoms with Crippen molar-refractivity contribution in [3.8, 4) is 12.1 Å². The molecule has 0 saturated heterocycles. The third-order valence-electron chi connectivity index (χ3n) is 1.60. The normalized spacial score (nSPS) is 9.38. The molecule has 0 aliphatic carbocycles. The van der Waals surface area contributed by atoms with E-state index in [9.17, 15) is 4.79 Å². The first kappa shape index (κ1) is 9.48. The average Bonchev–Trinajstić information content (AvgIpc) is 2.96. The molecule has 0 spiro atoms. The van der Waals surface area contributed by atoms with E-state index in [-0.39, 0.29) is 11.6 Å². The SMILES string of the molecule is N#Cc1nc(C#N)n(C(=O)n2cncn2)n1. The molecular weight excluding hydrogens is 212 g/mol. The van der Waals surface area contributed by atoms with Gasteiger partial charge in [-0.05, 0) is 0 Å². The molecule has 76 valence electrons. The molecule has 2 aromatic rings. The van der Waals surface area contributed by atoms with E-state index in [1.54, 1.807) is 12.1 Å². The second-order valence-electron chi connectivity index (χ2n) is 2.52. The van der Waals surface area contributed by atoms with Gasteiger partial charge < -0.3 is 0 Å². The number of rotatable bonds is 0. The molecule has 9 nitrogen and oxygen atoms in total. The minimum absolute atomic E-state index is 0.259. The zero-order valence-corrected chi connectivity index (χ0v) is 7.64. The quantitative estimate of drug-likeness (QED) is 0.557. The van der Waals surface area contributed by atoms with Crippen molar-refractivity contribution < 1.29 is 4.79 Å². The van der Waals surface area contributed by atoms with Crippen LogP contribution in [-0.2, 0) is 0 Å². The summed E-state index contributed by atoms with van der Waals surface area (Å²) < 4.78 is 1.56. The Balaban J connectivity index is 2.50. The van der Waals surface area contributed by atoms with E-state index < -0.39 is 6.03 Å². The van der Waals surface area contributed by atoms with Crippen molar-refractivity contribution in [1.29, 1.82) is 10.5 Å². The van der Waals surface area contributed by atoms with Crippen molar-refractivity contribution in [2.45, 2.75) is 0 Å². The molecule has 2 rings (SSSR count). The Morgan fingerprint density at radius 2 is 2.19 bits per heavy atom. The Labute approximate surface area is 88.2 Å². The van der Waals surface area contributed by atoms with E-state index in [0.717, 1.165) is 17.3 Å². The first-order valence-corrected chi connectivity index (χ1v) is 3.93. The van der Waals surface area contributed by atoms with Crippen LogP contribution >= 0.6 is 0 Å². The third kappa shape index (κ3) is 1.38. The van der Waals surface area contributed by atoms with E-state index in [1.807, 2.05) is 0 Å². The van der Waals surface area contributed by atoms with Gasteiger partial charge in [-0.15, -0.1) is 9.78 Å². The summed E-state index contributed by atoms with van der Waals surface area (Å²) >= 11 is 0. The lowest BCUT2D eigenvalue weighted by atomic mass is 10.6. The number of nitrogens with zero attached hydrogens (tertiary/aromatic N) is 8. The Kier molecular flexibility index (Phi) is 2.13. The second kappa shape index (κ2) is 3.59. The standard InChI is InChI=1S/C7H2N8O/c8-1-5-12-6(2-9)15(13-5)7(16)14-4-10-3-11-14/h3-4H. The molecule has 0 radical (unpaired) electrons. The fraction of sp³-hybridized carbons (Fsp3) is 0. The molecule has 0 bridgehead atoms. The zero-order chi connectivity index (χ0) is 11.5. The number of carbonyl (C=O) groups is 1. The van der Waals surface area contributed by atoms with Gasteiger partial charge in [0.05, 0.1) is 0 Å². The van der Waals surface area contributed by atoms with Crippen LogP contribution in [0.25, 0.3) is 0 Å².